The zero-order valence-corrected chi connectivity index (χ0v) is 11.7. The van der Waals surface area contributed by atoms with Gasteiger partial charge in [0.2, 0.25) is 0 Å². The third-order valence-corrected chi connectivity index (χ3v) is 2.97. The Bertz CT molecular complexity index is 691. The first kappa shape index (κ1) is 15.4. The summed E-state index contributed by atoms with van der Waals surface area (Å²) in [6.45, 7) is 0.263. The van der Waals surface area contributed by atoms with E-state index in [1.165, 1.54) is 6.07 Å². The van der Waals surface area contributed by atoms with Crippen molar-refractivity contribution in [1.29, 1.82) is 0 Å². The van der Waals surface area contributed by atoms with Crippen molar-refractivity contribution in [2.24, 2.45) is 0 Å². The van der Waals surface area contributed by atoms with E-state index in [1.54, 1.807) is 18.2 Å². The van der Waals surface area contributed by atoms with E-state index in [1.807, 2.05) is 30.3 Å². The highest BCUT2D eigenvalue weighted by molar-refractivity contribution is 6.36. The van der Waals surface area contributed by atoms with E-state index in [0.717, 1.165) is 5.56 Å². The molecule has 0 aliphatic rings. The molecule has 0 unspecified atom stereocenters. The lowest BCUT2D eigenvalue weighted by Crippen LogP contribution is -2.32. The number of carboxylic acid groups (broad SMARTS) is 1. The van der Waals surface area contributed by atoms with Gasteiger partial charge in [0, 0.05) is 0 Å². The molecule has 0 heterocycles. The largest absolute Gasteiger partial charge is 0.542 e. The summed E-state index contributed by atoms with van der Waals surface area (Å²) in [5, 5.41) is 10.4. The average Bonchev–Trinajstić information content (AvgIpc) is 2.54. The molecule has 0 aliphatic heterocycles. The summed E-state index contributed by atoms with van der Waals surface area (Å²) in [6.07, 6.45) is -0.742. The zero-order valence-electron chi connectivity index (χ0n) is 11.7. The van der Waals surface area contributed by atoms with E-state index < -0.39 is 24.0 Å². The van der Waals surface area contributed by atoms with Crippen molar-refractivity contribution in [3.63, 3.8) is 0 Å². The fraction of sp³-hybridized carbons (Fsp3) is 0.118. The molecule has 5 heteroatoms. The van der Waals surface area contributed by atoms with Crippen molar-refractivity contribution in [2.75, 3.05) is 0 Å². The third kappa shape index (κ3) is 4.02. The monoisotopic (exact) mass is 297 g/mol. The van der Waals surface area contributed by atoms with Gasteiger partial charge >= 0.3 is 0 Å². The van der Waals surface area contributed by atoms with Gasteiger partial charge in [-0.25, -0.2) is 0 Å². The molecule has 0 saturated carbocycles. The van der Waals surface area contributed by atoms with Crippen molar-refractivity contribution >= 4 is 17.5 Å². The summed E-state index contributed by atoms with van der Waals surface area (Å²) in [7, 11) is 0. The molecule has 0 saturated heterocycles. The minimum absolute atomic E-state index is 0.174. The summed E-state index contributed by atoms with van der Waals surface area (Å²) in [6, 6.07) is 15.8. The van der Waals surface area contributed by atoms with Crippen LogP contribution in [-0.4, -0.2) is 17.5 Å². The quantitative estimate of drug-likeness (QED) is 0.435. The SMILES string of the molecule is O=C([O-])C(=O)CC(=O)c1ccccc1OCc1ccccc1. The molecule has 0 bridgehead atoms. The molecular weight excluding hydrogens is 284 g/mol. The maximum Gasteiger partial charge on any atom is 0.185 e. The fourth-order valence-corrected chi connectivity index (χ4v) is 1.87. The van der Waals surface area contributed by atoms with Crippen molar-refractivity contribution in [3.05, 3.63) is 65.7 Å². The van der Waals surface area contributed by atoms with E-state index in [-0.39, 0.29) is 12.2 Å². The lowest BCUT2D eigenvalue weighted by molar-refractivity contribution is -0.299. The molecule has 5 nitrogen and oxygen atoms in total. The van der Waals surface area contributed by atoms with E-state index in [0.29, 0.717) is 5.75 Å². The Kier molecular flexibility index (Phi) is 5.03. The van der Waals surface area contributed by atoms with E-state index >= 15 is 0 Å². The van der Waals surface area contributed by atoms with Crippen molar-refractivity contribution < 1.29 is 24.2 Å². The highest BCUT2D eigenvalue weighted by Gasteiger charge is 2.16. The number of aliphatic carboxylic acids is 1. The molecule has 0 N–H and O–H groups in total. The number of hydrogen-bond acceptors (Lipinski definition) is 5. The topological polar surface area (TPSA) is 83.5 Å². The van der Waals surface area contributed by atoms with Crippen LogP contribution < -0.4 is 9.84 Å². The molecule has 0 spiro atoms. The molecular formula is C17H13O5-. The fourth-order valence-electron chi connectivity index (χ4n) is 1.87. The molecule has 0 radical (unpaired) electrons. The Morgan fingerprint density at radius 3 is 2.23 bits per heavy atom. The van der Waals surface area contributed by atoms with E-state index in [2.05, 4.69) is 0 Å². The second kappa shape index (κ2) is 7.17. The van der Waals surface area contributed by atoms with Gasteiger partial charge in [-0.15, -0.1) is 0 Å². The molecule has 0 fully saturated rings. The lowest BCUT2D eigenvalue weighted by atomic mass is 10.0. The van der Waals surface area contributed by atoms with Gasteiger partial charge in [-0.3, -0.25) is 9.59 Å². The first-order valence-corrected chi connectivity index (χ1v) is 6.61. The maximum absolute atomic E-state index is 12.0. The Balaban J connectivity index is 2.11. The Morgan fingerprint density at radius 1 is 0.909 bits per heavy atom. The smallest absolute Gasteiger partial charge is 0.185 e. The van der Waals surface area contributed by atoms with Crippen LogP contribution >= 0.6 is 0 Å². The number of para-hydroxylation sites is 1. The van der Waals surface area contributed by atoms with Crippen LogP contribution in [0.25, 0.3) is 0 Å². The summed E-state index contributed by atoms with van der Waals surface area (Å²) in [5.74, 6) is -3.42. The second-order valence-corrected chi connectivity index (χ2v) is 4.58. The first-order valence-electron chi connectivity index (χ1n) is 6.61. The minimum atomic E-state index is -1.86. The van der Waals surface area contributed by atoms with Crippen LogP contribution in [-0.2, 0) is 16.2 Å². The van der Waals surface area contributed by atoms with Gasteiger partial charge in [0.1, 0.15) is 18.3 Å². The molecule has 0 aromatic heterocycles. The molecule has 2 aromatic rings. The Labute approximate surface area is 127 Å². The number of carbonyl (C=O) groups excluding carboxylic acids is 3. The molecule has 0 atom stereocenters. The maximum atomic E-state index is 12.0. The molecule has 0 aliphatic carbocycles. The highest BCUT2D eigenvalue weighted by Crippen LogP contribution is 2.21. The Morgan fingerprint density at radius 2 is 1.55 bits per heavy atom. The number of carbonyl (C=O) groups is 3. The third-order valence-electron chi connectivity index (χ3n) is 2.97. The van der Waals surface area contributed by atoms with Crippen molar-refractivity contribution in [3.8, 4) is 5.75 Å². The standard InChI is InChI=1S/C17H14O5/c18-14(10-15(19)17(20)21)13-8-4-5-9-16(13)22-11-12-6-2-1-3-7-12/h1-9H,10-11H2,(H,20,21)/p-1. The van der Waals surface area contributed by atoms with Crippen LogP contribution in [0.5, 0.6) is 5.75 Å². The summed E-state index contributed by atoms with van der Waals surface area (Å²) < 4.78 is 5.59. The number of Topliss-reactive ketones (excluding diaryl/α,β-unsaturated/α-hetero) is 2. The van der Waals surface area contributed by atoms with Crippen LogP contribution in [0.4, 0.5) is 0 Å². The first-order chi connectivity index (χ1) is 10.6. The number of ether oxygens (including phenoxy) is 1. The summed E-state index contributed by atoms with van der Waals surface area (Å²) >= 11 is 0. The van der Waals surface area contributed by atoms with E-state index in [4.69, 9.17) is 4.74 Å². The predicted octanol–water partition coefficient (Wildman–Crippen LogP) is 1.16. The second-order valence-electron chi connectivity index (χ2n) is 4.58. The molecule has 112 valence electrons. The van der Waals surface area contributed by atoms with Gasteiger partial charge in [0.05, 0.1) is 12.0 Å². The molecule has 0 amide bonds. The lowest BCUT2D eigenvalue weighted by Gasteiger charge is -2.10. The van der Waals surface area contributed by atoms with Gasteiger partial charge in [0.25, 0.3) is 0 Å². The summed E-state index contributed by atoms with van der Waals surface area (Å²) in [4.78, 5) is 33.5. The van der Waals surface area contributed by atoms with Gasteiger partial charge in [-0.1, -0.05) is 42.5 Å². The van der Waals surface area contributed by atoms with E-state index in [9.17, 15) is 19.5 Å². The molecule has 2 rings (SSSR count). The van der Waals surface area contributed by atoms with Crippen LogP contribution in [0.1, 0.15) is 22.3 Å². The van der Waals surface area contributed by atoms with Crippen LogP contribution in [0.2, 0.25) is 0 Å². The van der Waals surface area contributed by atoms with Gasteiger partial charge in [-0.05, 0) is 17.7 Å². The Hall–Kier alpha value is -2.95. The van der Waals surface area contributed by atoms with Crippen LogP contribution in [0.15, 0.2) is 54.6 Å². The van der Waals surface area contributed by atoms with Crippen molar-refractivity contribution in [1.82, 2.24) is 0 Å². The van der Waals surface area contributed by atoms with Crippen molar-refractivity contribution in [2.45, 2.75) is 13.0 Å². The summed E-state index contributed by atoms with van der Waals surface area (Å²) in [5.41, 5.74) is 1.10. The molecule has 22 heavy (non-hydrogen) atoms. The average molecular weight is 297 g/mol. The number of carboxylic acids is 1. The van der Waals surface area contributed by atoms with Crippen LogP contribution in [0, 0.1) is 0 Å². The highest BCUT2D eigenvalue weighted by atomic mass is 16.5. The van der Waals surface area contributed by atoms with Crippen LogP contribution in [0.3, 0.4) is 0 Å². The number of ketones is 2. The number of benzene rings is 2. The number of hydrogen-bond donors (Lipinski definition) is 0. The predicted molar refractivity (Wildman–Crippen MR) is 76.2 cm³/mol. The molecule has 2 aromatic carbocycles. The number of rotatable bonds is 7. The minimum Gasteiger partial charge on any atom is -0.542 e. The van der Waals surface area contributed by atoms with Gasteiger partial charge in [-0.2, -0.15) is 0 Å². The zero-order chi connectivity index (χ0) is 15.9. The van der Waals surface area contributed by atoms with Gasteiger partial charge in [0.15, 0.2) is 11.6 Å². The normalized spacial score (nSPS) is 10.0. The van der Waals surface area contributed by atoms with Gasteiger partial charge < -0.3 is 14.6 Å².